The fourth-order valence-corrected chi connectivity index (χ4v) is 3.50. The van der Waals surface area contributed by atoms with Gasteiger partial charge in [-0.1, -0.05) is 48.7 Å². The number of nitrogens with zero attached hydrogens (tertiary/aromatic N) is 1. The average Bonchev–Trinajstić information content (AvgIpc) is 2.73. The van der Waals surface area contributed by atoms with Crippen molar-refractivity contribution in [3.05, 3.63) is 27.2 Å². The van der Waals surface area contributed by atoms with Crippen LogP contribution in [0.25, 0.3) is 0 Å². The van der Waals surface area contributed by atoms with Crippen LogP contribution in [0.1, 0.15) is 20.3 Å². The first kappa shape index (κ1) is 15.2. The highest BCUT2D eigenvalue weighted by Crippen LogP contribution is 2.38. The van der Waals surface area contributed by atoms with E-state index in [0.29, 0.717) is 27.0 Å². The molecule has 5 heteroatoms. The second kappa shape index (κ2) is 6.53. The zero-order valence-electron chi connectivity index (χ0n) is 11.2. The van der Waals surface area contributed by atoms with E-state index in [9.17, 15) is 0 Å². The maximum Gasteiger partial charge on any atom is 0.0746 e. The first-order valence-electron chi connectivity index (χ1n) is 6.60. The molecule has 0 aliphatic carbocycles. The van der Waals surface area contributed by atoms with Gasteiger partial charge in [0.25, 0.3) is 0 Å². The van der Waals surface area contributed by atoms with E-state index in [1.807, 2.05) is 0 Å². The van der Waals surface area contributed by atoms with E-state index < -0.39 is 0 Å². The second-order valence-corrected chi connectivity index (χ2v) is 6.63. The topological polar surface area (TPSA) is 15.3 Å². The van der Waals surface area contributed by atoms with Crippen molar-refractivity contribution in [2.24, 2.45) is 5.92 Å². The normalized spacial score (nSPS) is 19.5. The molecule has 0 radical (unpaired) electrons. The minimum atomic E-state index is 0.525. The number of nitrogens with one attached hydrogen (secondary N) is 1. The molecule has 1 aliphatic rings. The predicted molar refractivity (Wildman–Crippen MR) is 84.9 cm³/mol. The number of hydrogen-bond donors (Lipinski definition) is 1. The van der Waals surface area contributed by atoms with Crippen LogP contribution in [0, 0.1) is 5.92 Å². The number of halogens is 3. The van der Waals surface area contributed by atoms with Crippen molar-refractivity contribution < 1.29 is 0 Å². The first-order chi connectivity index (χ1) is 8.97. The van der Waals surface area contributed by atoms with Gasteiger partial charge in [-0.05, 0) is 31.0 Å². The molecule has 1 heterocycles. The summed E-state index contributed by atoms with van der Waals surface area (Å²) < 4.78 is 0. The standard InChI is InChI=1S/C14H19Cl3N2/c1-9(2)18-7-10-3-4-19(8-10)14-12(16)5-11(15)6-13(14)17/h5-6,9-10,18H,3-4,7-8H2,1-2H3. The van der Waals surface area contributed by atoms with Gasteiger partial charge in [0.15, 0.2) is 0 Å². The molecule has 1 N–H and O–H groups in total. The Bertz CT molecular complexity index is 425. The lowest BCUT2D eigenvalue weighted by Crippen LogP contribution is -2.30. The SMILES string of the molecule is CC(C)NCC1CCN(c2c(Cl)cc(Cl)cc2Cl)C1. The molecule has 106 valence electrons. The highest BCUT2D eigenvalue weighted by molar-refractivity contribution is 6.41. The van der Waals surface area contributed by atoms with Gasteiger partial charge in [-0.25, -0.2) is 0 Å². The van der Waals surface area contributed by atoms with Crippen LogP contribution in [0.15, 0.2) is 12.1 Å². The lowest BCUT2D eigenvalue weighted by molar-refractivity contribution is 0.480. The molecule has 19 heavy (non-hydrogen) atoms. The summed E-state index contributed by atoms with van der Waals surface area (Å²) in [5.41, 5.74) is 0.916. The average molecular weight is 322 g/mol. The van der Waals surface area contributed by atoms with E-state index in [-0.39, 0.29) is 0 Å². The van der Waals surface area contributed by atoms with Crippen molar-refractivity contribution >= 4 is 40.5 Å². The fourth-order valence-electron chi connectivity index (χ4n) is 2.44. The summed E-state index contributed by atoms with van der Waals surface area (Å²) in [5.74, 6) is 0.644. The van der Waals surface area contributed by atoms with Gasteiger partial charge >= 0.3 is 0 Å². The van der Waals surface area contributed by atoms with Gasteiger partial charge in [-0.2, -0.15) is 0 Å². The highest BCUT2D eigenvalue weighted by atomic mass is 35.5. The molecule has 2 nitrogen and oxygen atoms in total. The molecule has 0 amide bonds. The molecule has 1 aromatic carbocycles. The van der Waals surface area contributed by atoms with Crippen LogP contribution < -0.4 is 10.2 Å². The van der Waals surface area contributed by atoms with Crippen LogP contribution >= 0.6 is 34.8 Å². The third-order valence-corrected chi connectivity index (χ3v) is 4.19. The van der Waals surface area contributed by atoms with Crippen molar-refractivity contribution in [3.8, 4) is 0 Å². The van der Waals surface area contributed by atoms with Crippen molar-refractivity contribution in [3.63, 3.8) is 0 Å². The third-order valence-electron chi connectivity index (χ3n) is 3.40. The van der Waals surface area contributed by atoms with Gasteiger partial charge in [-0.3, -0.25) is 0 Å². The molecule has 1 saturated heterocycles. The summed E-state index contributed by atoms with van der Waals surface area (Å²) >= 11 is 18.5. The highest BCUT2D eigenvalue weighted by Gasteiger charge is 2.25. The summed E-state index contributed by atoms with van der Waals surface area (Å²) in [5, 5.41) is 5.33. The zero-order chi connectivity index (χ0) is 14.0. The Labute approximate surface area is 130 Å². The maximum absolute atomic E-state index is 6.26. The minimum Gasteiger partial charge on any atom is -0.369 e. The lowest BCUT2D eigenvalue weighted by Gasteiger charge is -2.22. The number of anilines is 1. The molecule has 1 fully saturated rings. The smallest absolute Gasteiger partial charge is 0.0746 e. The van der Waals surface area contributed by atoms with Crippen LogP contribution in [0.3, 0.4) is 0 Å². The molecule has 0 aromatic heterocycles. The Balaban J connectivity index is 2.05. The van der Waals surface area contributed by atoms with Gasteiger partial charge < -0.3 is 10.2 Å². The molecule has 1 aromatic rings. The lowest BCUT2D eigenvalue weighted by atomic mass is 10.1. The largest absolute Gasteiger partial charge is 0.369 e. The van der Waals surface area contributed by atoms with E-state index in [2.05, 4.69) is 24.1 Å². The second-order valence-electron chi connectivity index (χ2n) is 5.38. The van der Waals surface area contributed by atoms with E-state index in [0.717, 1.165) is 31.7 Å². The summed E-state index contributed by atoms with van der Waals surface area (Å²) in [4.78, 5) is 2.26. The molecule has 0 bridgehead atoms. The van der Waals surface area contributed by atoms with Crippen LogP contribution in [-0.4, -0.2) is 25.7 Å². The summed E-state index contributed by atoms with van der Waals surface area (Å²) in [6, 6.07) is 4.03. The van der Waals surface area contributed by atoms with Crippen molar-refractivity contribution in [2.75, 3.05) is 24.5 Å². The Morgan fingerprint density at radius 1 is 1.26 bits per heavy atom. The molecule has 1 unspecified atom stereocenters. The Kier molecular flexibility index (Phi) is 5.24. The van der Waals surface area contributed by atoms with Gasteiger partial charge in [0.1, 0.15) is 0 Å². The number of rotatable bonds is 4. The monoisotopic (exact) mass is 320 g/mol. The number of benzene rings is 1. The van der Waals surface area contributed by atoms with Crippen LogP contribution in [0.4, 0.5) is 5.69 Å². The predicted octanol–water partition coefficient (Wildman–Crippen LogP) is 4.47. The summed E-state index contributed by atoms with van der Waals surface area (Å²) in [7, 11) is 0. The minimum absolute atomic E-state index is 0.525. The van der Waals surface area contributed by atoms with E-state index in [1.54, 1.807) is 12.1 Å². The van der Waals surface area contributed by atoms with Crippen LogP contribution in [0.2, 0.25) is 15.1 Å². The van der Waals surface area contributed by atoms with Gasteiger partial charge in [0.2, 0.25) is 0 Å². The molecule has 0 saturated carbocycles. The molecule has 1 atom stereocenters. The molecular weight excluding hydrogens is 303 g/mol. The zero-order valence-corrected chi connectivity index (χ0v) is 13.5. The Morgan fingerprint density at radius 3 is 2.47 bits per heavy atom. The van der Waals surface area contributed by atoms with Crippen LogP contribution in [0.5, 0.6) is 0 Å². The van der Waals surface area contributed by atoms with Crippen molar-refractivity contribution in [1.29, 1.82) is 0 Å². The Hall–Kier alpha value is -0.150. The van der Waals surface area contributed by atoms with E-state index >= 15 is 0 Å². The molecule has 2 rings (SSSR count). The summed E-state index contributed by atoms with van der Waals surface area (Å²) in [6.07, 6.45) is 1.16. The fraction of sp³-hybridized carbons (Fsp3) is 0.571. The molecular formula is C14H19Cl3N2. The maximum atomic E-state index is 6.26. The third kappa shape index (κ3) is 3.91. The Morgan fingerprint density at radius 2 is 1.89 bits per heavy atom. The quantitative estimate of drug-likeness (QED) is 0.880. The van der Waals surface area contributed by atoms with Crippen LogP contribution in [-0.2, 0) is 0 Å². The summed E-state index contributed by atoms with van der Waals surface area (Å²) in [6.45, 7) is 7.35. The van der Waals surface area contributed by atoms with Gasteiger partial charge in [0.05, 0.1) is 15.7 Å². The van der Waals surface area contributed by atoms with E-state index in [1.165, 1.54) is 0 Å². The molecule has 1 aliphatic heterocycles. The van der Waals surface area contributed by atoms with Crippen molar-refractivity contribution in [2.45, 2.75) is 26.3 Å². The van der Waals surface area contributed by atoms with Gasteiger partial charge in [-0.15, -0.1) is 0 Å². The van der Waals surface area contributed by atoms with Crippen molar-refractivity contribution in [1.82, 2.24) is 5.32 Å². The van der Waals surface area contributed by atoms with Gasteiger partial charge in [0, 0.05) is 24.2 Å². The first-order valence-corrected chi connectivity index (χ1v) is 7.73. The molecule has 0 spiro atoms. The van der Waals surface area contributed by atoms with E-state index in [4.69, 9.17) is 34.8 Å². The number of hydrogen-bond acceptors (Lipinski definition) is 2.